The molecule has 0 bridgehead atoms. The van der Waals surface area contributed by atoms with Crippen LogP contribution < -0.4 is 0 Å². The maximum absolute atomic E-state index is 12.2. The van der Waals surface area contributed by atoms with E-state index in [1.165, 1.54) is 0 Å². The van der Waals surface area contributed by atoms with Gasteiger partial charge in [-0.2, -0.15) is 0 Å². The van der Waals surface area contributed by atoms with Crippen molar-refractivity contribution in [3.63, 3.8) is 0 Å². The van der Waals surface area contributed by atoms with Crippen molar-refractivity contribution in [2.24, 2.45) is 5.92 Å². The van der Waals surface area contributed by atoms with Gasteiger partial charge in [0.05, 0.1) is 0 Å². The average Bonchev–Trinajstić information content (AvgIpc) is 2.37. The molecule has 5 heteroatoms. The van der Waals surface area contributed by atoms with Crippen LogP contribution in [0, 0.1) is 5.92 Å². The highest BCUT2D eigenvalue weighted by molar-refractivity contribution is 5.74. The highest BCUT2D eigenvalue weighted by Gasteiger charge is 2.26. The second kappa shape index (κ2) is 8.02. The van der Waals surface area contributed by atoms with Crippen molar-refractivity contribution < 1.29 is 14.7 Å². The predicted molar refractivity (Wildman–Crippen MR) is 74.1 cm³/mol. The van der Waals surface area contributed by atoms with Crippen LogP contribution in [0.5, 0.6) is 0 Å². The minimum absolute atomic E-state index is 0.0474. The van der Waals surface area contributed by atoms with Gasteiger partial charge in [-0.3, -0.25) is 4.79 Å². The van der Waals surface area contributed by atoms with E-state index >= 15 is 0 Å². The first-order valence-corrected chi connectivity index (χ1v) is 7.26. The van der Waals surface area contributed by atoms with E-state index < -0.39 is 5.97 Å². The molecule has 1 fully saturated rings. The Morgan fingerprint density at radius 1 is 1.37 bits per heavy atom. The number of urea groups is 1. The molecule has 110 valence electrons. The molecule has 1 heterocycles. The standard InChI is InChI=1S/C14H26N2O3/c1-3-4-5-8-15(2)14(19)16-9-6-7-12(11-16)10-13(17)18/h12H,3-11H2,1-2H3,(H,17,18). The third kappa shape index (κ3) is 5.49. The van der Waals surface area contributed by atoms with Gasteiger partial charge in [-0.25, -0.2) is 4.79 Å². The number of unbranched alkanes of at least 4 members (excludes halogenated alkanes) is 2. The number of hydrogen-bond donors (Lipinski definition) is 1. The Hall–Kier alpha value is -1.26. The first-order chi connectivity index (χ1) is 9.04. The topological polar surface area (TPSA) is 60.9 Å². The third-order valence-corrected chi connectivity index (χ3v) is 3.68. The molecule has 1 atom stereocenters. The second-order valence-corrected chi connectivity index (χ2v) is 5.46. The summed E-state index contributed by atoms with van der Waals surface area (Å²) in [5.41, 5.74) is 0. The summed E-state index contributed by atoms with van der Waals surface area (Å²) in [6.07, 6.45) is 5.31. The molecular weight excluding hydrogens is 244 g/mol. The molecular formula is C14H26N2O3. The molecule has 1 saturated heterocycles. The number of amides is 2. The molecule has 0 spiro atoms. The molecule has 0 radical (unpaired) electrons. The van der Waals surface area contributed by atoms with Gasteiger partial charge in [-0.05, 0) is 25.2 Å². The molecule has 1 rings (SSSR count). The van der Waals surface area contributed by atoms with Gasteiger partial charge in [0.1, 0.15) is 0 Å². The lowest BCUT2D eigenvalue weighted by Crippen LogP contribution is -2.46. The number of hydrogen-bond acceptors (Lipinski definition) is 2. The van der Waals surface area contributed by atoms with Crippen LogP contribution in [0.25, 0.3) is 0 Å². The van der Waals surface area contributed by atoms with Crippen LogP contribution in [0.15, 0.2) is 0 Å². The molecule has 0 aliphatic carbocycles. The molecule has 19 heavy (non-hydrogen) atoms. The number of carbonyl (C=O) groups is 2. The summed E-state index contributed by atoms with van der Waals surface area (Å²) in [6.45, 7) is 4.27. The van der Waals surface area contributed by atoms with Gasteiger partial charge in [0.2, 0.25) is 0 Å². The van der Waals surface area contributed by atoms with Crippen LogP contribution in [0.4, 0.5) is 4.79 Å². The van der Waals surface area contributed by atoms with Gasteiger partial charge >= 0.3 is 12.0 Å². The smallest absolute Gasteiger partial charge is 0.319 e. The quantitative estimate of drug-likeness (QED) is 0.754. The summed E-state index contributed by atoms with van der Waals surface area (Å²) in [7, 11) is 1.83. The lowest BCUT2D eigenvalue weighted by atomic mass is 9.95. The van der Waals surface area contributed by atoms with Crippen molar-refractivity contribution in [1.29, 1.82) is 0 Å². The Labute approximate surface area is 115 Å². The summed E-state index contributed by atoms with van der Waals surface area (Å²) in [5, 5.41) is 8.83. The lowest BCUT2D eigenvalue weighted by molar-refractivity contribution is -0.138. The van der Waals surface area contributed by atoms with Crippen molar-refractivity contribution in [1.82, 2.24) is 9.80 Å². The molecule has 0 aromatic heterocycles. The fourth-order valence-corrected chi connectivity index (χ4v) is 2.59. The molecule has 0 aromatic rings. The fraction of sp³-hybridized carbons (Fsp3) is 0.857. The normalized spacial score (nSPS) is 19.3. The van der Waals surface area contributed by atoms with Crippen LogP contribution in [-0.2, 0) is 4.79 Å². The van der Waals surface area contributed by atoms with E-state index in [0.29, 0.717) is 6.54 Å². The Morgan fingerprint density at radius 2 is 2.11 bits per heavy atom. The molecule has 1 unspecified atom stereocenters. The highest BCUT2D eigenvalue weighted by Crippen LogP contribution is 2.20. The van der Waals surface area contributed by atoms with Gasteiger partial charge in [0.25, 0.3) is 0 Å². The Morgan fingerprint density at radius 3 is 2.74 bits per heavy atom. The van der Waals surface area contributed by atoms with E-state index in [0.717, 1.165) is 45.2 Å². The Kier molecular flexibility index (Phi) is 6.67. The number of carbonyl (C=O) groups excluding carboxylic acids is 1. The molecule has 1 aliphatic rings. The summed E-state index contributed by atoms with van der Waals surface area (Å²) in [5.74, 6) is -0.658. The van der Waals surface area contributed by atoms with Gasteiger partial charge in [0, 0.05) is 33.1 Å². The fourth-order valence-electron chi connectivity index (χ4n) is 2.59. The van der Waals surface area contributed by atoms with Crippen molar-refractivity contribution in [2.75, 3.05) is 26.7 Å². The van der Waals surface area contributed by atoms with Crippen molar-refractivity contribution >= 4 is 12.0 Å². The summed E-state index contributed by atoms with van der Waals surface area (Å²) in [6, 6.07) is 0.0474. The summed E-state index contributed by atoms with van der Waals surface area (Å²) >= 11 is 0. The van der Waals surface area contributed by atoms with E-state index in [1.807, 2.05) is 11.9 Å². The van der Waals surface area contributed by atoms with E-state index in [1.54, 1.807) is 4.90 Å². The zero-order chi connectivity index (χ0) is 14.3. The zero-order valence-electron chi connectivity index (χ0n) is 12.1. The van der Waals surface area contributed by atoms with Crippen LogP contribution in [0.1, 0.15) is 45.4 Å². The molecule has 2 amide bonds. The maximum atomic E-state index is 12.2. The number of nitrogens with zero attached hydrogens (tertiary/aromatic N) is 2. The molecule has 0 aromatic carbocycles. The van der Waals surface area contributed by atoms with Crippen LogP contribution in [0.3, 0.4) is 0 Å². The van der Waals surface area contributed by atoms with Crippen molar-refractivity contribution in [3.8, 4) is 0 Å². The summed E-state index contributed by atoms with van der Waals surface area (Å²) in [4.78, 5) is 26.5. The van der Waals surface area contributed by atoms with Gasteiger partial charge in [-0.15, -0.1) is 0 Å². The zero-order valence-corrected chi connectivity index (χ0v) is 12.1. The van der Waals surface area contributed by atoms with Crippen LogP contribution in [0.2, 0.25) is 0 Å². The van der Waals surface area contributed by atoms with E-state index in [2.05, 4.69) is 6.92 Å². The molecule has 0 saturated carbocycles. The van der Waals surface area contributed by atoms with E-state index in [9.17, 15) is 9.59 Å². The first-order valence-electron chi connectivity index (χ1n) is 7.26. The lowest BCUT2D eigenvalue weighted by Gasteiger charge is -2.34. The largest absolute Gasteiger partial charge is 0.481 e. The van der Waals surface area contributed by atoms with Gasteiger partial charge < -0.3 is 14.9 Å². The predicted octanol–water partition coefficient (Wildman–Crippen LogP) is 2.42. The highest BCUT2D eigenvalue weighted by atomic mass is 16.4. The van der Waals surface area contributed by atoms with Crippen molar-refractivity contribution in [2.45, 2.75) is 45.4 Å². The second-order valence-electron chi connectivity index (χ2n) is 5.46. The van der Waals surface area contributed by atoms with Gasteiger partial charge in [0.15, 0.2) is 0 Å². The average molecular weight is 270 g/mol. The number of carboxylic acids is 1. The first kappa shape index (κ1) is 15.8. The van der Waals surface area contributed by atoms with E-state index in [4.69, 9.17) is 5.11 Å². The number of piperidine rings is 1. The van der Waals surface area contributed by atoms with Crippen molar-refractivity contribution in [3.05, 3.63) is 0 Å². The molecule has 5 nitrogen and oxygen atoms in total. The molecule has 1 aliphatic heterocycles. The summed E-state index contributed by atoms with van der Waals surface area (Å²) < 4.78 is 0. The number of carboxylic acid groups (broad SMARTS) is 1. The Bertz CT molecular complexity index is 307. The monoisotopic (exact) mass is 270 g/mol. The maximum Gasteiger partial charge on any atom is 0.319 e. The van der Waals surface area contributed by atoms with E-state index in [-0.39, 0.29) is 18.4 Å². The Balaban J connectivity index is 2.40. The van der Waals surface area contributed by atoms with Crippen LogP contribution >= 0.6 is 0 Å². The third-order valence-electron chi connectivity index (χ3n) is 3.68. The molecule has 1 N–H and O–H groups in total. The van der Waals surface area contributed by atoms with Gasteiger partial charge in [-0.1, -0.05) is 19.8 Å². The SMILES string of the molecule is CCCCCN(C)C(=O)N1CCCC(CC(=O)O)C1. The number of rotatable bonds is 6. The minimum Gasteiger partial charge on any atom is -0.481 e. The number of aliphatic carboxylic acids is 1. The number of likely N-dealkylation sites (tertiary alicyclic amines) is 1. The minimum atomic E-state index is -0.768. The van der Waals surface area contributed by atoms with Crippen LogP contribution in [-0.4, -0.2) is 53.6 Å².